The van der Waals surface area contributed by atoms with Gasteiger partial charge in [0, 0.05) is 22.8 Å². The molecule has 4 nitrogen and oxygen atoms in total. The molecule has 0 bridgehead atoms. The molecule has 3 aromatic heterocycles. The summed E-state index contributed by atoms with van der Waals surface area (Å²) in [7, 11) is 0. The van der Waals surface area contributed by atoms with Gasteiger partial charge < -0.3 is 5.32 Å². The lowest BCUT2D eigenvalue weighted by Crippen LogP contribution is -2.37. The number of rotatable bonds is 5. The molecule has 1 atom stereocenters. The Bertz CT molecular complexity index is 958. The lowest BCUT2D eigenvalue weighted by molar-refractivity contribution is 0.103. The molecule has 1 unspecified atom stereocenters. The van der Waals surface area contributed by atoms with Gasteiger partial charge in [-0.15, -0.1) is 22.7 Å². The highest BCUT2D eigenvalue weighted by Gasteiger charge is 2.31. The number of thiophene rings is 2. The first-order valence-corrected chi connectivity index (χ1v) is 11.8. The van der Waals surface area contributed by atoms with Crippen LogP contribution in [0.4, 0.5) is 5.00 Å². The number of nitrogens with one attached hydrogen (secondary N) is 1. The van der Waals surface area contributed by atoms with Crippen molar-refractivity contribution in [3.63, 3.8) is 0 Å². The molecule has 152 valence electrons. The predicted octanol–water partition coefficient (Wildman–Crippen LogP) is 5.90. The average molecular weight is 426 g/mol. The van der Waals surface area contributed by atoms with Gasteiger partial charge in [0.05, 0.1) is 10.9 Å². The lowest BCUT2D eigenvalue weighted by atomic mass is 9.91. The highest BCUT2D eigenvalue weighted by Crippen LogP contribution is 2.43. The van der Waals surface area contributed by atoms with Crippen molar-refractivity contribution >= 4 is 33.6 Å². The molecule has 6 heteroatoms. The zero-order valence-corrected chi connectivity index (χ0v) is 18.8. The number of nitrogens with zero attached hydrogens (tertiary/aromatic N) is 2. The summed E-state index contributed by atoms with van der Waals surface area (Å²) in [6.45, 7) is 8.78. The normalized spacial score (nSPS) is 16.7. The maximum atomic E-state index is 12.8. The number of anilines is 1. The van der Waals surface area contributed by atoms with Crippen LogP contribution in [-0.4, -0.2) is 28.9 Å². The molecular weight excluding hydrogens is 398 g/mol. The second kappa shape index (κ2) is 8.78. The second-order valence-corrected chi connectivity index (χ2v) is 10.0. The zero-order valence-electron chi connectivity index (χ0n) is 17.1. The predicted molar refractivity (Wildman–Crippen MR) is 122 cm³/mol. The van der Waals surface area contributed by atoms with E-state index in [9.17, 15) is 4.79 Å². The van der Waals surface area contributed by atoms with E-state index in [0.717, 1.165) is 28.9 Å². The molecule has 1 amide bonds. The van der Waals surface area contributed by atoms with Crippen molar-refractivity contribution in [2.75, 3.05) is 18.4 Å². The fourth-order valence-electron chi connectivity index (χ4n) is 4.02. The first kappa shape index (κ1) is 20.3. The van der Waals surface area contributed by atoms with Crippen molar-refractivity contribution in [3.05, 3.63) is 68.5 Å². The monoisotopic (exact) mass is 425 g/mol. The third kappa shape index (κ3) is 4.29. The molecule has 1 saturated heterocycles. The van der Waals surface area contributed by atoms with Crippen LogP contribution in [0.3, 0.4) is 0 Å². The van der Waals surface area contributed by atoms with Crippen LogP contribution < -0.4 is 5.32 Å². The van der Waals surface area contributed by atoms with E-state index in [4.69, 9.17) is 0 Å². The van der Waals surface area contributed by atoms with Crippen molar-refractivity contribution in [1.29, 1.82) is 0 Å². The summed E-state index contributed by atoms with van der Waals surface area (Å²) in [5.41, 5.74) is 3.68. The number of carbonyl (C=O) groups excluding carboxylic acids is 1. The summed E-state index contributed by atoms with van der Waals surface area (Å²) < 4.78 is 0. The van der Waals surface area contributed by atoms with Gasteiger partial charge in [-0.2, -0.15) is 0 Å². The molecule has 4 rings (SSSR count). The molecule has 29 heavy (non-hydrogen) atoms. The van der Waals surface area contributed by atoms with E-state index in [2.05, 4.69) is 42.0 Å². The van der Waals surface area contributed by atoms with E-state index in [1.807, 2.05) is 36.0 Å². The van der Waals surface area contributed by atoms with Crippen LogP contribution in [0.15, 0.2) is 42.0 Å². The van der Waals surface area contributed by atoms with Gasteiger partial charge in [0.2, 0.25) is 0 Å². The summed E-state index contributed by atoms with van der Waals surface area (Å²) >= 11 is 3.15. The summed E-state index contributed by atoms with van der Waals surface area (Å²) in [5, 5.41) is 6.12. The number of carbonyl (C=O) groups is 1. The third-order valence-corrected chi connectivity index (χ3v) is 7.87. The van der Waals surface area contributed by atoms with Crippen LogP contribution in [-0.2, 0) is 0 Å². The molecule has 1 N–H and O–H groups in total. The first-order valence-electron chi connectivity index (χ1n) is 10.1. The molecule has 0 aromatic carbocycles. The minimum atomic E-state index is -0.0281. The zero-order chi connectivity index (χ0) is 20.4. The van der Waals surface area contributed by atoms with Gasteiger partial charge in [-0.05, 0) is 74.3 Å². The number of aryl methyl sites for hydroxylation is 1. The van der Waals surface area contributed by atoms with Gasteiger partial charge in [-0.1, -0.05) is 19.1 Å². The quantitative estimate of drug-likeness (QED) is 0.554. The molecule has 1 aliphatic rings. The molecular formula is C23H27N3OS2. The van der Waals surface area contributed by atoms with Crippen molar-refractivity contribution in [2.45, 2.75) is 39.7 Å². The van der Waals surface area contributed by atoms with Crippen LogP contribution in [0.1, 0.15) is 57.0 Å². The van der Waals surface area contributed by atoms with Crippen molar-refractivity contribution in [1.82, 2.24) is 9.88 Å². The lowest BCUT2D eigenvalue weighted by Gasteiger charge is -2.37. The Labute approximate surface area is 180 Å². The Morgan fingerprint density at radius 3 is 2.69 bits per heavy atom. The fraction of sp³-hybridized carbons (Fsp3) is 0.391. The Balaban J connectivity index is 1.75. The van der Waals surface area contributed by atoms with Crippen LogP contribution in [0.2, 0.25) is 0 Å². The van der Waals surface area contributed by atoms with E-state index in [-0.39, 0.29) is 11.9 Å². The molecule has 0 aliphatic carbocycles. The number of aromatic nitrogens is 1. The summed E-state index contributed by atoms with van der Waals surface area (Å²) in [6.07, 6.45) is 6.20. The van der Waals surface area contributed by atoms with E-state index in [1.165, 1.54) is 45.7 Å². The first-order chi connectivity index (χ1) is 14.0. The maximum Gasteiger partial charge on any atom is 0.266 e. The number of hydrogen-bond donors (Lipinski definition) is 1. The molecule has 0 saturated carbocycles. The Kier molecular flexibility index (Phi) is 6.13. The maximum absolute atomic E-state index is 12.8. The van der Waals surface area contributed by atoms with Crippen molar-refractivity contribution in [3.8, 4) is 0 Å². The van der Waals surface area contributed by atoms with E-state index in [1.54, 1.807) is 11.3 Å². The Hall–Kier alpha value is -2.02. The average Bonchev–Trinajstić information content (AvgIpc) is 3.35. The molecule has 0 radical (unpaired) electrons. The van der Waals surface area contributed by atoms with Gasteiger partial charge in [0.1, 0.15) is 5.00 Å². The van der Waals surface area contributed by atoms with Crippen molar-refractivity contribution < 1.29 is 4.79 Å². The highest BCUT2D eigenvalue weighted by atomic mass is 32.1. The standard InChI is InChI=1S/C23H27N3OS2/c1-15-8-11-26(12-9-15)21(18-6-4-10-24-14-18)20-16(2)17(3)29-23(20)25-22(27)19-7-5-13-28-19/h4-7,10,13-15,21H,8-9,11-12H2,1-3H3,(H,25,27). The van der Waals surface area contributed by atoms with Crippen LogP contribution in [0.5, 0.6) is 0 Å². The minimum Gasteiger partial charge on any atom is -0.313 e. The number of hydrogen-bond acceptors (Lipinski definition) is 5. The smallest absolute Gasteiger partial charge is 0.266 e. The van der Waals surface area contributed by atoms with Crippen LogP contribution >= 0.6 is 22.7 Å². The Morgan fingerprint density at radius 2 is 2.03 bits per heavy atom. The number of likely N-dealkylation sites (tertiary alicyclic amines) is 1. The SMILES string of the molecule is Cc1sc(NC(=O)c2cccs2)c(C(c2cccnc2)N2CCC(C)CC2)c1C. The highest BCUT2D eigenvalue weighted by molar-refractivity contribution is 7.17. The minimum absolute atomic E-state index is 0.0281. The van der Waals surface area contributed by atoms with E-state index >= 15 is 0 Å². The van der Waals surface area contributed by atoms with Gasteiger partial charge in [0.25, 0.3) is 5.91 Å². The summed E-state index contributed by atoms with van der Waals surface area (Å²) in [6, 6.07) is 8.07. The van der Waals surface area contributed by atoms with Gasteiger partial charge in [-0.25, -0.2) is 0 Å². The number of pyridine rings is 1. The molecule has 0 spiro atoms. The third-order valence-electron chi connectivity index (χ3n) is 5.86. The molecule has 3 aromatic rings. The van der Waals surface area contributed by atoms with Gasteiger partial charge in [-0.3, -0.25) is 14.7 Å². The fourth-order valence-corrected chi connectivity index (χ4v) is 5.73. The summed E-state index contributed by atoms with van der Waals surface area (Å²) in [4.78, 5) is 21.8. The summed E-state index contributed by atoms with van der Waals surface area (Å²) in [5.74, 6) is 0.740. The topological polar surface area (TPSA) is 45.2 Å². The number of amides is 1. The van der Waals surface area contributed by atoms with E-state index < -0.39 is 0 Å². The molecule has 1 aliphatic heterocycles. The number of piperidine rings is 1. The molecule has 4 heterocycles. The molecule has 1 fully saturated rings. The largest absolute Gasteiger partial charge is 0.313 e. The van der Waals surface area contributed by atoms with E-state index in [0.29, 0.717) is 0 Å². The van der Waals surface area contributed by atoms with Crippen molar-refractivity contribution in [2.24, 2.45) is 5.92 Å². The Morgan fingerprint density at radius 1 is 1.24 bits per heavy atom. The van der Waals surface area contributed by atoms with Gasteiger partial charge >= 0.3 is 0 Å². The van der Waals surface area contributed by atoms with Crippen LogP contribution in [0.25, 0.3) is 0 Å². The van der Waals surface area contributed by atoms with Gasteiger partial charge in [0.15, 0.2) is 0 Å². The van der Waals surface area contributed by atoms with Crippen LogP contribution in [0, 0.1) is 19.8 Å². The second-order valence-electron chi connectivity index (χ2n) is 7.86.